The summed E-state index contributed by atoms with van der Waals surface area (Å²) in [5.74, 6) is 0.683. The van der Waals surface area contributed by atoms with Crippen LogP contribution in [0.1, 0.15) is 30.9 Å². The molecule has 3 aromatic carbocycles. The average molecular weight is 394 g/mol. The number of fused-ring (bicyclic) bond motifs is 3. The van der Waals surface area contributed by atoms with E-state index in [-0.39, 0.29) is 4.90 Å². The van der Waals surface area contributed by atoms with E-state index in [2.05, 4.69) is 23.8 Å². The van der Waals surface area contributed by atoms with Gasteiger partial charge in [0.1, 0.15) is 5.75 Å². The van der Waals surface area contributed by atoms with Crippen molar-refractivity contribution in [3.8, 4) is 16.9 Å². The number of hydrogen-bond donors (Lipinski definition) is 1. The first kappa shape index (κ1) is 18.6. The maximum Gasteiger partial charge on any atom is 0.261 e. The second-order valence-corrected chi connectivity index (χ2v) is 8.67. The van der Waals surface area contributed by atoms with E-state index < -0.39 is 10.0 Å². The van der Waals surface area contributed by atoms with Crippen LogP contribution in [0.5, 0.6) is 5.75 Å². The third-order valence-corrected chi connectivity index (χ3v) is 6.34. The summed E-state index contributed by atoms with van der Waals surface area (Å²) in [6, 6.07) is 20.6. The van der Waals surface area contributed by atoms with Crippen molar-refractivity contribution in [3.05, 3.63) is 77.9 Å². The van der Waals surface area contributed by atoms with Gasteiger partial charge in [-0.05, 0) is 71.5 Å². The molecule has 4 nitrogen and oxygen atoms in total. The highest BCUT2D eigenvalue weighted by molar-refractivity contribution is 7.92. The minimum absolute atomic E-state index is 0.221. The molecule has 0 aliphatic heterocycles. The molecule has 0 saturated heterocycles. The van der Waals surface area contributed by atoms with Gasteiger partial charge in [-0.15, -0.1) is 0 Å². The number of nitrogens with one attached hydrogen (secondary N) is 1. The van der Waals surface area contributed by atoms with Crippen molar-refractivity contribution in [3.63, 3.8) is 0 Å². The van der Waals surface area contributed by atoms with Gasteiger partial charge in [-0.1, -0.05) is 43.7 Å². The Labute approximate surface area is 166 Å². The normalized spacial score (nSPS) is 12.3. The quantitative estimate of drug-likeness (QED) is 0.437. The van der Waals surface area contributed by atoms with Crippen LogP contribution >= 0.6 is 0 Å². The van der Waals surface area contributed by atoms with E-state index in [9.17, 15) is 8.42 Å². The monoisotopic (exact) mass is 393 g/mol. The maximum absolute atomic E-state index is 12.7. The van der Waals surface area contributed by atoms with Gasteiger partial charge in [-0.3, -0.25) is 4.72 Å². The van der Waals surface area contributed by atoms with Crippen LogP contribution in [0, 0.1) is 0 Å². The zero-order valence-electron chi connectivity index (χ0n) is 15.8. The van der Waals surface area contributed by atoms with Crippen LogP contribution in [-0.2, 0) is 16.4 Å². The predicted molar refractivity (Wildman–Crippen MR) is 112 cm³/mol. The largest absolute Gasteiger partial charge is 0.494 e. The fourth-order valence-corrected chi connectivity index (χ4v) is 4.52. The van der Waals surface area contributed by atoms with Crippen molar-refractivity contribution in [1.82, 2.24) is 0 Å². The summed E-state index contributed by atoms with van der Waals surface area (Å²) in [5, 5.41) is 0. The van der Waals surface area contributed by atoms with Gasteiger partial charge >= 0.3 is 0 Å². The van der Waals surface area contributed by atoms with E-state index in [1.165, 1.54) is 16.7 Å². The van der Waals surface area contributed by atoms with Crippen LogP contribution in [0.3, 0.4) is 0 Å². The first-order chi connectivity index (χ1) is 13.6. The van der Waals surface area contributed by atoms with Crippen LogP contribution in [0.15, 0.2) is 71.6 Å². The van der Waals surface area contributed by atoms with Crippen molar-refractivity contribution >= 4 is 15.7 Å². The lowest BCUT2D eigenvalue weighted by Gasteiger charge is -2.11. The molecule has 0 bridgehead atoms. The lowest BCUT2D eigenvalue weighted by atomic mass is 10.1. The molecule has 0 amide bonds. The Morgan fingerprint density at radius 1 is 0.929 bits per heavy atom. The summed E-state index contributed by atoms with van der Waals surface area (Å²) in [5.41, 5.74) is 5.39. The average Bonchev–Trinajstić information content (AvgIpc) is 3.06. The highest BCUT2D eigenvalue weighted by Crippen LogP contribution is 2.37. The molecule has 0 aromatic heterocycles. The highest BCUT2D eigenvalue weighted by Gasteiger charge is 2.20. The zero-order valence-corrected chi connectivity index (χ0v) is 16.6. The number of unbranched alkanes of at least 4 members (excludes halogenated alkanes) is 1. The van der Waals surface area contributed by atoms with Crippen molar-refractivity contribution in [2.24, 2.45) is 0 Å². The molecular formula is C23H23NO3S. The molecule has 28 heavy (non-hydrogen) atoms. The van der Waals surface area contributed by atoms with Crippen LogP contribution in [0.25, 0.3) is 11.1 Å². The first-order valence-corrected chi connectivity index (χ1v) is 11.0. The molecule has 0 fully saturated rings. The minimum atomic E-state index is -3.65. The Balaban J connectivity index is 1.50. The lowest BCUT2D eigenvalue weighted by molar-refractivity contribution is 0.309. The molecule has 4 rings (SSSR count). The van der Waals surface area contributed by atoms with Gasteiger partial charge in [-0.25, -0.2) is 8.42 Å². The number of benzene rings is 3. The summed E-state index contributed by atoms with van der Waals surface area (Å²) < 4.78 is 33.8. The van der Waals surface area contributed by atoms with Gasteiger partial charge in [-0.2, -0.15) is 0 Å². The summed E-state index contributed by atoms with van der Waals surface area (Å²) >= 11 is 0. The maximum atomic E-state index is 12.7. The number of hydrogen-bond acceptors (Lipinski definition) is 3. The molecule has 0 radical (unpaired) electrons. The van der Waals surface area contributed by atoms with Gasteiger partial charge in [0.25, 0.3) is 10.0 Å². The third kappa shape index (κ3) is 3.76. The molecular weight excluding hydrogens is 370 g/mol. The summed E-state index contributed by atoms with van der Waals surface area (Å²) in [7, 11) is -3.65. The fourth-order valence-electron chi connectivity index (χ4n) is 3.47. The molecule has 0 atom stereocenters. The first-order valence-electron chi connectivity index (χ1n) is 9.54. The van der Waals surface area contributed by atoms with Crippen molar-refractivity contribution in [2.75, 3.05) is 11.3 Å². The second kappa shape index (κ2) is 7.68. The van der Waals surface area contributed by atoms with E-state index in [0.717, 1.165) is 24.8 Å². The predicted octanol–water partition coefficient (Wildman–Crippen LogP) is 5.24. The van der Waals surface area contributed by atoms with E-state index in [1.54, 1.807) is 24.3 Å². The Morgan fingerprint density at radius 2 is 1.68 bits per heavy atom. The summed E-state index contributed by atoms with van der Waals surface area (Å²) in [4.78, 5) is 0.221. The van der Waals surface area contributed by atoms with E-state index >= 15 is 0 Å². The van der Waals surface area contributed by atoms with Crippen LogP contribution in [-0.4, -0.2) is 15.0 Å². The Morgan fingerprint density at radius 3 is 2.46 bits per heavy atom. The molecule has 144 valence electrons. The van der Waals surface area contributed by atoms with Crippen molar-refractivity contribution in [2.45, 2.75) is 31.1 Å². The molecule has 1 aliphatic rings. The minimum Gasteiger partial charge on any atom is -0.494 e. The number of ether oxygens (including phenoxy) is 1. The van der Waals surface area contributed by atoms with E-state index in [1.807, 2.05) is 30.3 Å². The van der Waals surface area contributed by atoms with E-state index in [4.69, 9.17) is 4.74 Å². The molecule has 1 aliphatic carbocycles. The molecule has 5 heteroatoms. The molecule has 0 saturated carbocycles. The van der Waals surface area contributed by atoms with Crippen LogP contribution in [0.2, 0.25) is 0 Å². The molecule has 3 aromatic rings. The van der Waals surface area contributed by atoms with Crippen molar-refractivity contribution < 1.29 is 13.2 Å². The second-order valence-electron chi connectivity index (χ2n) is 6.98. The number of rotatable bonds is 7. The van der Waals surface area contributed by atoms with Crippen molar-refractivity contribution in [1.29, 1.82) is 0 Å². The Hall–Kier alpha value is -2.79. The summed E-state index contributed by atoms with van der Waals surface area (Å²) in [6.45, 7) is 2.74. The molecule has 0 heterocycles. The standard InChI is InChI=1S/C23H23NO3S/c1-2-3-14-27-20-9-11-21(12-10-20)28(25,26)24-19-8-13-23-18(16-19)15-17-6-4-5-7-22(17)23/h4-13,16,24H,2-3,14-15H2,1H3. The molecule has 0 spiro atoms. The van der Waals surface area contributed by atoms with Gasteiger partial charge < -0.3 is 4.74 Å². The summed E-state index contributed by atoms with van der Waals surface area (Å²) in [6.07, 6.45) is 2.86. The van der Waals surface area contributed by atoms with E-state index in [0.29, 0.717) is 18.0 Å². The molecule has 0 unspecified atom stereocenters. The van der Waals surface area contributed by atoms with Gasteiger partial charge in [0.05, 0.1) is 11.5 Å². The van der Waals surface area contributed by atoms with Crippen LogP contribution in [0.4, 0.5) is 5.69 Å². The van der Waals surface area contributed by atoms with Gasteiger partial charge in [0, 0.05) is 5.69 Å². The van der Waals surface area contributed by atoms with Crippen LogP contribution < -0.4 is 9.46 Å². The topological polar surface area (TPSA) is 55.4 Å². The third-order valence-electron chi connectivity index (χ3n) is 4.95. The number of sulfonamides is 1. The SMILES string of the molecule is CCCCOc1ccc(S(=O)(=O)Nc2ccc3c(c2)Cc2ccccc2-3)cc1. The fraction of sp³-hybridized carbons (Fsp3) is 0.217. The highest BCUT2D eigenvalue weighted by atomic mass is 32.2. The lowest BCUT2D eigenvalue weighted by Crippen LogP contribution is -2.13. The number of anilines is 1. The van der Waals surface area contributed by atoms with Gasteiger partial charge in [0.15, 0.2) is 0 Å². The zero-order chi connectivity index (χ0) is 19.6. The Kier molecular flexibility index (Phi) is 5.09. The smallest absolute Gasteiger partial charge is 0.261 e. The van der Waals surface area contributed by atoms with Gasteiger partial charge in [0.2, 0.25) is 0 Å². The molecule has 1 N–H and O–H groups in total. The Bertz CT molecular complexity index is 1090.